The monoisotopic (exact) mass is 234 g/mol. The van der Waals surface area contributed by atoms with Crippen LogP contribution in [0.25, 0.3) is 0 Å². The van der Waals surface area contributed by atoms with Crippen molar-refractivity contribution in [3.05, 3.63) is 11.7 Å². The molecule has 0 amide bonds. The summed E-state index contributed by atoms with van der Waals surface area (Å²) in [7, 11) is 2.04. The summed E-state index contributed by atoms with van der Waals surface area (Å²) in [6, 6.07) is 0. The second kappa shape index (κ2) is 5.41. The van der Waals surface area contributed by atoms with Crippen LogP contribution in [0.4, 0.5) is 0 Å². The van der Waals surface area contributed by atoms with Gasteiger partial charge in [-0.15, -0.1) is 12.4 Å². The fraction of sp³-hybridized carbons (Fsp3) is 0.750. The van der Waals surface area contributed by atoms with Crippen molar-refractivity contribution in [3.8, 4) is 0 Å². The number of halogens is 1. The van der Waals surface area contributed by atoms with Gasteiger partial charge in [0.05, 0.1) is 13.2 Å². The van der Waals surface area contributed by atoms with Gasteiger partial charge in [-0.05, 0) is 7.05 Å². The molecule has 1 aliphatic rings. The van der Waals surface area contributed by atoms with Crippen molar-refractivity contribution in [1.82, 2.24) is 15.0 Å². The normalized spacial score (nSPS) is 22.4. The molecule has 0 aliphatic carbocycles. The van der Waals surface area contributed by atoms with E-state index < -0.39 is 0 Å². The Morgan fingerprint density at radius 1 is 1.60 bits per heavy atom. The molecule has 6 nitrogen and oxygen atoms in total. The van der Waals surface area contributed by atoms with Crippen molar-refractivity contribution < 1.29 is 9.26 Å². The number of likely N-dealkylation sites (N-methyl/N-ethyl adjacent to an activating group) is 1. The standard InChI is InChI=1S/C8H14N4O2.ClH/c1-12-2-3-13-6(5-12)8-10-7(4-9)11-14-8;/h6H,2-5,9H2,1H3;1H. The minimum Gasteiger partial charge on any atom is -0.366 e. The van der Waals surface area contributed by atoms with Gasteiger partial charge in [-0.2, -0.15) is 4.98 Å². The van der Waals surface area contributed by atoms with Crippen LogP contribution in [0.5, 0.6) is 0 Å². The first kappa shape index (κ1) is 12.4. The minimum atomic E-state index is -0.110. The van der Waals surface area contributed by atoms with Crippen LogP contribution >= 0.6 is 12.4 Å². The van der Waals surface area contributed by atoms with Crippen molar-refractivity contribution >= 4 is 12.4 Å². The molecule has 1 aromatic rings. The van der Waals surface area contributed by atoms with Gasteiger partial charge in [0.2, 0.25) is 0 Å². The Hall–Kier alpha value is -0.690. The lowest BCUT2D eigenvalue weighted by Crippen LogP contribution is -2.35. The largest absolute Gasteiger partial charge is 0.366 e. The van der Waals surface area contributed by atoms with Crippen molar-refractivity contribution in [1.29, 1.82) is 0 Å². The van der Waals surface area contributed by atoms with Gasteiger partial charge >= 0.3 is 0 Å². The summed E-state index contributed by atoms with van der Waals surface area (Å²) in [6.07, 6.45) is -0.110. The fourth-order valence-electron chi connectivity index (χ4n) is 1.41. The average molecular weight is 235 g/mol. The van der Waals surface area contributed by atoms with Crippen LogP contribution in [-0.2, 0) is 11.3 Å². The maximum Gasteiger partial charge on any atom is 0.257 e. The highest BCUT2D eigenvalue weighted by molar-refractivity contribution is 5.85. The highest BCUT2D eigenvalue weighted by Crippen LogP contribution is 2.19. The SMILES string of the molecule is CN1CCOC(c2nc(CN)no2)C1.Cl. The molecule has 1 aromatic heterocycles. The summed E-state index contributed by atoms with van der Waals surface area (Å²) in [5, 5.41) is 3.73. The Morgan fingerprint density at radius 2 is 2.40 bits per heavy atom. The Kier molecular flexibility index (Phi) is 4.46. The van der Waals surface area contributed by atoms with E-state index in [1.165, 1.54) is 0 Å². The van der Waals surface area contributed by atoms with E-state index in [1.54, 1.807) is 0 Å². The lowest BCUT2D eigenvalue weighted by molar-refractivity contribution is -0.0366. The first-order valence-corrected chi connectivity index (χ1v) is 4.62. The molecule has 0 spiro atoms. The summed E-state index contributed by atoms with van der Waals surface area (Å²) < 4.78 is 10.6. The second-order valence-electron chi connectivity index (χ2n) is 3.37. The van der Waals surface area contributed by atoms with Gasteiger partial charge in [0.1, 0.15) is 6.10 Å². The Balaban J connectivity index is 0.00000112. The molecule has 2 heterocycles. The molecule has 1 aliphatic heterocycles. The van der Waals surface area contributed by atoms with Crippen LogP contribution in [0.2, 0.25) is 0 Å². The number of ether oxygens (including phenoxy) is 1. The topological polar surface area (TPSA) is 77.4 Å². The van der Waals surface area contributed by atoms with Crippen LogP contribution in [0, 0.1) is 0 Å². The van der Waals surface area contributed by atoms with E-state index in [0.717, 1.165) is 13.1 Å². The maximum absolute atomic E-state index is 5.51. The summed E-state index contributed by atoms with van der Waals surface area (Å²) in [4.78, 5) is 6.30. The number of nitrogens with zero attached hydrogens (tertiary/aromatic N) is 3. The molecule has 2 N–H and O–H groups in total. The number of hydrogen-bond donors (Lipinski definition) is 1. The second-order valence-corrected chi connectivity index (χ2v) is 3.37. The zero-order valence-corrected chi connectivity index (χ0v) is 9.37. The summed E-state index contributed by atoms with van der Waals surface area (Å²) in [5.41, 5.74) is 5.38. The molecule has 2 rings (SSSR count). The summed E-state index contributed by atoms with van der Waals surface area (Å²) >= 11 is 0. The molecular formula is C8H15ClN4O2. The molecule has 7 heteroatoms. The number of rotatable bonds is 2. The highest BCUT2D eigenvalue weighted by Gasteiger charge is 2.24. The number of hydrogen-bond acceptors (Lipinski definition) is 6. The molecule has 0 radical (unpaired) electrons. The molecule has 1 unspecified atom stereocenters. The number of aromatic nitrogens is 2. The van der Waals surface area contributed by atoms with E-state index >= 15 is 0 Å². The van der Waals surface area contributed by atoms with E-state index in [0.29, 0.717) is 24.9 Å². The number of nitrogens with two attached hydrogens (primary N) is 1. The van der Waals surface area contributed by atoms with E-state index in [-0.39, 0.29) is 18.5 Å². The number of morpholine rings is 1. The van der Waals surface area contributed by atoms with Crippen molar-refractivity contribution in [2.45, 2.75) is 12.6 Å². The van der Waals surface area contributed by atoms with Crippen LogP contribution in [0.3, 0.4) is 0 Å². The van der Waals surface area contributed by atoms with Crippen LogP contribution in [-0.4, -0.2) is 41.8 Å². The van der Waals surface area contributed by atoms with E-state index in [9.17, 15) is 0 Å². The van der Waals surface area contributed by atoms with Crippen LogP contribution in [0.15, 0.2) is 4.52 Å². The summed E-state index contributed by atoms with van der Waals surface area (Å²) in [6.45, 7) is 2.72. The Labute approximate surface area is 94.2 Å². The molecule has 0 aromatic carbocycles. The molecule has 0 saturated carbocycles. The molecule has 15 heavy (non-hydrogen) atoms. The minimum absolute atomic E-state index is 0. The zero-order chi connectivity index (χ0) is 9.97. The first-order valence-electron chi connectivity index (χ1n) is 4.62. The Bertz CT molecular complexity index is 307. The van der Waals surface area contributed by atoms with Crippen molar-refractivity contribution in [2.24, 2.45) is 5.73 Å². The van der Waals surface area contributed by atoms with Gasteiger partial charge in [0.15, 0.2) is 5.82 Å². The van der Waals surface area contributed by atoms with Gasteiger partial charge in [0, 0.05) is 13.1 Å². The van der Waals surface area contributed by atoms with Crippen LogP contribution in [0.1, 0.15) is 17.8 Å². The van der Waals surface area contributed by atoms with Gasteiger partial charge in [-0.25, -0.2) is 0 Å². The first-order chi connectivity index (χ1) is 6.79. The van der Waals surface area contributed by atoms with Gasteiger partial charge < -0.3 is 19.9 Å². The van der Waals surface area contributed by atoms with Crippen LogP contribution < -0.4 is 5.73 Å². The molecular weight excluding hydrogens is 220 g/mol. The Morgan fingerprint density at radius 3 is 3.00 bits per heavy atom. The lowest BCUT2D eigenvalue weighted by atomic mass is 10.3. The van der Waals surface area contributed by atoms with Gasteiger partial charge in [0.25, 0.3) is 5.89 Å². The molecule has 1 saturated heterocycles. The highest BCUT2D eigenvalue weighted by atomic mass is 35.5. The van der Waals surface area contributed by atoms with Gasteiger partial charge in [-0.1, -0.05) is 5.16 Å². The lowest BCUT2D eigenvalue weighted by Gasteiger charge is -2.27. The predicted molar refractivity (Wildman–Crippen MR) is 55.6 cm³/mol. The van der Waals surface area contributed by atoms with E-state index in [2.05, 4.69) is 15.0 Å². The quantitative estimate of drug-likeness (QED) is 0.773. The predicted octanol–water partition coefficient (Wildman–Crippen LogP) is -0.0468. The third-order valence-electron chi connectivity index (χ3n) is 2.21. The van der Waals surface area contributed by atoms with E-state index in [4.69, 9.17) is 15.0 Å². The molecule has 1 atom stereocenters. The third-order valence-corrected chi connectivity index (χ3v) is 2.21. The smallest absolute Gasteiger partial charge is 0.257 e. The third kappa shape index (κ3) is 2.88. The van der Waals surface area contributed by atoms with E-state index in [1.807, 2.05) is 7.05 Å². The maximum atomic E-state index is 5.51. The van der Waals surface area contributed by atoms with Crippen molar-refractivity contribution in [2.75, 3.05) is 26.7 Å². The van der Waals surface area contributed by atoms with Crippen molar-refractivity contribution in [3.63, 3.8) is 0 Å². The zero-order valence-electron chi connectivity index (χ0n) is 8.55. The molecule has 1 fully saturated rings. The molecule has 0 bridgehead atoms. The van der Waals surface area contributed by atoms with Gasteiger partial charge in [-0.3, -0.25) is 0 Å². The molecule has 86 valence electrons. The average Bonchev–Trinajstić information content (AvgIpc) is 2.66. The summed E-state index contributed by atoms with van der Waals surface area (Å²) in [5.74, 6) is 1.05. The fourth-order valence-corrected chi connectivity index (χ4v) is 1.41.